The molecular weight excluding hydrogens is 346 g/mol. The van der Waals surface area contributed by atoms with Crippen LogP contribution < -0.4 is 5.32 Å². The molecule has 0 radical (unpaired) electrons. The van der Waals surface area contributed by atoms with E-state index in [4.69, 9.17) is 0 Å². The number of aromatic amines is 1. The van der Waals surface area contributed by atoms with Crippen molar-refractivity contribution in [3.8, 4) is 5.75 Å². The number of aromatic hydroxyl groups is 1. The van der Waals surface area contributed by atoms with E-state index >= 15 is 0 Å². The van der Waals surface area contributed by atoms with Crippen molar-refractivity contribution in [2.75, 3.05) is 20.1 Å². The number of hydrogen-bond donors (Lipinski definition) is 3. The number of rotatable bonds is 4. The van der Waals surface area contributed by atoms with Crippen LogP contribution in [0.15, 0.2) is 48.7 Å². The van der Waals surface area contributed by atoms with E-state index in [-0.39, 0.29) is 5.41 Å². The number of likely N-dealkylation sites (N-methyl/N-ethyl adjacent to an activating group) is 1. The summed E-state index contributed by atoms with van der Waals surface area (Å²) in [6, 6.07) is 15.4. The van der Waals surface area contributed by atoms with Crippen LogP contribution in [0.5, 0.6) is 5.75 Å². The van der Waals surface area contributed by atoms with E-state index in [1.165, 1.54) is 27.6 Å². The van der Waals surface area contributed by atoms with Crippen molar-refractivity contribution in [3.63, 3.8) is 0 Å². The molecule has 1 aromatic heterocycles. The highest BCUT2D eigenvalue weighted by molar-refractivity contribution is 5.83. The number of nitrogens with zero attached hydrogens (tertiary/aromatic N) is 1. The molecule has 2 heterocycles. The third-order valence-electron chi connectivity index (χ3n) is 7.19. The van der Waals surface area contributed by atoms with Gasteiger partial charge in [-0.25, -0.2) is 0 Å². The largest absolute Gasteiger partial charge is 0.508 e. The fourth-order valence-corrected chi connectivity index (χ4v) is 5.55. The van der Waals surface area contributed by atoms with Crippen LogP contribution in [-0.2, 0) is 18.3 Å². The smallest absolute Gasteiger partial charge is 0.115 e. The SMILES string of the molecule is CN1CC[C@]2(C)c3cc(O)ccc3C[C@@H]1[C@H]2NCCc1c[nH]c2ccccc12. The second-order valence-electron chi connectivity index (χ2n) is 8.80. The molecule has 0 spiro atoms. The Morgan fingerprint density at radius 1 is 1.25 bits per heavy atom. The van der Waals surface area contributed by atoms with Crippen molar-refractivity contribution in [2.24, 2.45) is 0 Å². The van der Waals surface area contributed by atoms with E-state index in [9.17, 15) is 5.11 Å². The Balaban J connectivity index is 1.39. The van der Waals surface area contributed by atoms with Gasteiger partial charge in [-0.1, -0.05) is 31.2 Å². The molecule has 2 aromatic carbocycles. The number of likely N-dealkylation sites (tertiary alicyclic amines) is 1. The van der Waals surface area contributed by atoms with E-state index in [1.54, 1.807) is 0 Å². The van der Waals surface area contributed by atoms with Crippen molar-refractivity contribution in [2.45, 2.75) is 43.7 Å². The fourth-order valence-electron chi connectivity index (χ4n) is 5.55. The maximum atomic E-state index is 10.1. The molecule has 1 aliphatic heterocycles. The summed E-state index contributed by atoms with van der Waals surface area (Å²) in [4.78, 5) is 5.90. The lowest BCUT2D eigenvalue weighted by Gasteiger charge is -2.55. The van der Waals surface area contributed by atoms with Crippen molar-refractivity contribution in [1.82, 2.24) is 15.2 Å². The van der Waals surface area contributed by atoms with Gasteiger partial charge in [0.15, 0.2) is 0 Å². The summed E-state index contributed by atoms with van der Waals surface area (Å²) in [5.74, 6) is 0.384. The summed E-state index contributed by atoms with van der Waals surface area (Å²) in [5, 5.41) is 15.4. The lowest BCUT2D eigenvalue weighted by atomic mass is 9.61. The Morgan fingerprint density at radius 3 is 3.00 bits per heavy atom. The lowest BCUT2D eigenvalue weighted by molar-refractivity contribution is 0.0663. The third kappa shape index (κ3) is 2.75. The highest BCUT2D eigenvalue weighted by atomic mass is 16.3. The molecule has 5 rings (SSSR count). The van der Waals surface area contributed by atoms with Crippen molar-refractivity contribution in [1.29, 1.82) is 0 Å². The van der Waals surface area contributed by atoms with Crippen LogP contribution in [-0.4, -0.2) is 47.2 Å². The summed E-state index contributed by atoms with van der Waals surface area (Å²) in [6.07, 6.45) is 5.32. The van der Waals surface area contributed by atoms with E-state index in [0.717, 1.165) is 32.4 Å². The quantitative estimate of drug-likeness (QED) is 0.653. The first-order chi connectivity index (χ1) is 13.6. The van der Waals surface area contributed by atoms with Gasteiger partial charge in [0.2, 0.25) is 0 Å². The lowest BCUT2D eigenvalue weighted by Crippen LogP contribution is -2.66. The highest BCUT2D eigenvalue weighted by Gasteiger charge is 2.49. The van der Waals surface area contributed by atoms with Crippen LogP contribution in [0.4, 0.5) is 0 Å². The minimum atomic E-state index is 0.0592. The van der Waals surface area contributed by atoms with E-state index in [0.29, 0.717) is 17.8 Å². The molecule has 3 aromatic rings. The zero-order chi connectivity index (χ0) is 19.3. The Hall–Kier alpha value is -2.30. The fraction of sp³-hybridized carbons (Fsp3) is 0.417. The Labute approximate surface area is 166 Å². The zero-order valence-electron chi connectivity index (χ0n) is 16.7. The summed E-state index contributed by atoms with van der Waals surface area (Å²) in [6.45, 7) is 4.45. The van der Waals surface area contributed by atoms with Gasteiger partial charge in [0, 0.05) is 34.6 Å². The number of piperidine rings is 1. The molecule has 2 aliphatic rings. The minimum absolute atomic E-state index is 0.0592. The predicted octanol–water partition coefficient (Wildman–Crippen LogP) is 3.59. The van der Waals surface area contributed by atoms with Gasteiger partial charge in [-0.3, -0.25) is 0 Å². The molecule has 3 N–H and O–H groups in total. The molecular formula is C24H29N3O. The standard InChI is InChI=1S/C24H29N3O/c1-24-10-12-27(2)22(13-16-7-8-18(28)14-20(16)24)23(24)25-11-9-17-15-26-21-6-4-3-5-19(17)21/h3-8,14-15,22-23,25-26,28H,9-13H2,1-2H3/t22-,23-,24-/m1/s1. The predicted molar refractivity (Wildman–Crippen MR) is 114 cm³/mol. The van der Waals surface area contributed by atoms with Crippen LogP contribution in [0, 0.1) is 0 Å². The number of H-pyrrole nitrogens is 1. The van der Waals surface area contributed by atoms with Gasteiger partial charge in [0.1, 0.15) is 5.75 Å². The van der Waals surface area contributed by atoms with Gasteiger partial charge in [0.05, 0.1) is 0 Å². The number of phenols is 1. The van der Waals surface area contributed by atoms with Crippen LogP contribution in [0.2, 0.25) is 0 Å². The van der Waals surface area contributed by atoms with Crippen molar-refractivity contribution < 1.29 is 5.11 Å². The Morgan fingerprint density at radius 2 is 2.11 bits per heavy atom. The molecule has 1 aliphatic carbocycles. The summed E-state index contributed by atoms with van der Waals surface area (Å²) in [7, 11) is 2.25. The average molecular weight is 376 g/mol. The number of aromatic nitrogens is 1. The minimum Gasteiger partial charge on any atom is -0.508 e. The topological polar surface area (TPSA) is 51.3 Å². The van der Waals surface area contributed by atoms with Crippen LogP contribution in [0.1, 0.15) is 30.0 Å². The number of hydrogen-bond acceptors (Lipinski definition) is 3. The summed E-state index contributed by atoms with van der Waals surface area (Å²) < 4.78 is 0. The maximum absolute atomic E-state index is 10.1. The van der Waals surface area contributed by atoms with Gasteiger partial charge < -0.3 is 20.3 Å². The van der Waals surface area contributed by atoms with Gasteiger partial charge in [-0.2, -0.15) is 0 Å². The van der Waals surface area contributed by atoms with Crippen molar-refractivity contribution in [3.05, 3.63) is 65.4 Å². The second-order valence-corrected chi connectivity index (χ2v) is 8.80. The molecule has 4 heteroatoms. The Kier molecular flexibility index (Phi) is 4.22. The number of nitrogens with one attached hydrogen (secondary N) is 2. The molecule has 0 unspecified atom stereocenters. The maximum Gasteiger partial charge on any atom is 0.115 e. The molecule has 0 saturated carbocycles. The number of para-hydroxylation sites is 1. The third-order valence-corrected chi connectivity index (χ3v) is 7.19. The van der Waals surface area contributed by atoms with Crippen LogP contribution >= 0.6 is 0 Å². The van der Waals surface area contributed by atoms with Crippen LogP contribution in [0.25, 0.3) is 10.9 Å². The first-order valence-electron chi connectivity index (χ1n) is 10.4. The van der Waals surface area contributed by atoms with Gasteiger partial charge in [-0.05, 0) is 74.3 Å². The van der Waals surface area contributed by atoms with Gasteiger partial charge >= 0.3 is 0 Å². The molecule has 1 fully saturated rings. The first-order valence-corrected chi connectivity index (χ1v) is 10.4. The van der Waals surface area contributed by atoms with E-state index in [1.807, 2.05) is 12.1 Å². The molecule has 28 heavy (non-hydrogen) atoms. The van der Waals surface area contributed by atoms with Crippen molar-refractivity contribution >= 4 is 10.9 Å². The number of benzene rings is 2. The van der Waals surface area contributed by atoms with Crippen LogP contribution in [0.3, 0.4) is 0 Å². The molecule has 4 nitrogen and oxygen atoms in total. The number of fused-ring (bicyclic) bond motifs is 5. The summed E-state index contributed by atoms with van der Waals surface area (Å²) in [5.41, 5.74) is 5.38. The van der Waals surface area contributed by atoms with Gasteiger partial charge in [0.25, 0.3) is 0 Å². The summed E-state index contributed by atoms with van der Waals surface area (Å²) >= 11 is 0. The second kappa shape index (κ2) is 6.64. The molecule has 146 valence electrons. The first kappa shape index (κ1) is 17.8. The van der Waals surface area contributed by atoms with E-state index in [2.05, 4.69) is 65.7 Å². The monoisotopic (exact) mass is 375 g/mol. The molecule has 3 atom stereocenters. The van der Waals surface area contributed by atoms with Gasteiger partial charge in [-0.15, -0.1) is 0 Å². The average Bonchev–Trinajstić information content (AvgIpc) is 3.10. The molecule has 1 saturated heterocycles. The normalized spacial score (nSPS) is 27.1. The Bertz CT molecular complexity index is 1010. The molecule has 0 amide bonds. The zero-order valence-corrected chi connectivity index (χ0v) is 16.7. The highest BCUT2D eigenvalue weighted by Crippen LogP contribution is 2.45. The molecule has 2 bridgehead atoms. The number of phenolic OH excluding ortho intramolecular Hbond substituents is 1. The van der Waals surface area contributed by atoms with E-state index < -0.39 is 0 Å².